The monoisotopic (exact) mass is 496 g/mol. The molecule has 1 heterocycles. The van der Waals surface area contributed by atoms with E-state index in [2.05, 4.69) is 10.5 Å². The summed E-state index contributed by atoms with van der Waals surface area (Å²) in [6, 6.07) is 10.6. The molecule has 1 saturated heterocycles. The minimum atomic E-state index is -1.07. The Morgan fingerprint density at radius 2 is 1.89 bits per heavy atom. The first-order valence-corrected chi connectivity index (χ1v) is 12.3. The molecule has 0 bridgehead atoms. The normalized spacial score (nSPS) is 17.2. The average Bonchev–Trinajstić information content (AvgIpc) is 3.64. The van der Waals surface area contributed by atoms with E-state index in [1.54, 1.807) is 25.2 Å². The molecule has 4 rings (SSSR count). The lowest BCUT2D eigenvalue weighted by atomic mass is 10.0. The lowest BCUT2D eigenvalue weighted by Gasteiger charge is -2.23. The van der Waals surface area contributed by atoms with Gasteiger partial charge in [0.25, 0.3) is 0 Å². The Morgan fingerprint density at radius 3 is 2.50 bits per heavy atom. The summed E-state index contributed by atoms with van der Waals surface area (Å²) in [6.07, 6.45) is 3.66. The Hall–Kier alpha value is -3.75. The van der Waals surface area contributed by atoms with Gasteiger partial charge in [-0.15, -0.1) is 0 Å². The molecule has 2 aliphatic rings. The van der Waals surface area contributed by atoms with Gasteiger partial charge >= 0.3 is 5.97 Å². The van der Waals surface area contributed by atoms with Crippen molar-refractivity contribution >= 4 is 29.8 Å². The zero-order valence-electron chi connectivity index (χ0n) is 20.9. The summed E-state index contributed by atoms with van der Waals surface area (Å²) in [5, 5.41) is 13.4. The Balaban J connectivity index is 0.00000176. The van der Waals surface area contributed by atoms with Crippen molar-refractivity contribution in [2.75, 3.05) is 25.0 Å². The van der Waals surface area contributed by atoms with Crippen LogP contribution in [-0.2, 0) is 9.59 Å². The third kappa shape index (κ3) is 6.27. The second-order valence-corrected chi connectivity index (χ2v) is 8.70. The van der Waals surface area contributed by atoms with Crippen LogP contribution in [0.25, 0.3) is 11.1 Å². The molecule has 2 fully saturated rings. The molecule has 0 aromatic heterocycles. The van der Waals surface area contributed by atoms with E-state index in [1.165, 1.54) is 29.2 Å². The van der Waals surface area contributed by atoms with Crippen molar-refractivity contribution in [3.8, 4) is 11.1 Å². The van der Waals surface area contributed by atoms with Crippen molar-refractivity contribution in [3.63, 3.8) is 0 Å². The van der Waals surface area contributed by atoms with Crippen molar-refractivity contribution in [3.05, 3.63) is 53.8 Å². The third-order valence-electron chi connectivity index (χ3n) is 6.27. The maximum absolute atomic E-state index is 15.2. The standard InChI is InChI=1S/C25H27FN4O4.C2H6/c1-27-28-23(11-16-9-10-29(14-16)24(32)17-5-6-17)30(15-31)22-8-7-19(13-21(22)26)18-3-2-4-20(12-18)25(33)34;1-2/h2-4,7-8,12-13,15-17,27H,5-6,9-11,14H2,1H3,(H,33,34);1-2H3/b28-23-;. The first-order valence-electron chi connectivity index (χ1n) is 12.3. The van der Waals surface area contributed by atoms with Crippen molar-refractivity contribution < 1.29 is 23.9 Å². The molecule has 2 aromatic carbocycles. The Kier molecular flexibility index (Phi) is 9.16. The number of benzene rings is 2. The number of amides is 2. The highest BCUT2D eigenvalue weighted by Crippen LogP contribution is 2.34. The molecule has 2 N–H and O–H groups in total. The van der Waals surface area contributed by atoms with E-state index in [9.17, 15) is 19.5 Å². The minimum Gasteiger partial charge on any atom is -0.478 e. The molecule has 1 saturated carbocycles. The zero-order chi connectivity index (χ0) is 26.2. The number of likely N-dealkylation sites (tertiary alicyclic amines) is 1. The maximum Gasteiger partial charge on any atom is 0.335 e. The molecule has 0 radical (unpaired) electrons. The molecule has 36 heavy (non-hydrogen) atoms. The van der Waals surface area contributed by atoms with E-state index >= 15 is 4.39 Å². The van der Waals surface area contributed by atoms with Gasteiger partial charge < -0.3 is 15.4 Å². The van der Waals surface area contributed by atoms with Crippen LogP contribution in [-0.4, -0.2) is 54.3 Å². The summed E-state index contributed by atoms with van der Waals surface area (Å²) < 4.78 is 15.2. The van der Waals surface area contributed by atoms with Crippen LogP contribution < -0.4 is 10.3 Å². The zero-order valence-corrected chi connectivity index (χ0v) is 20.9. The fourth-order valence-corrected chi connectivity index (χ4v) is 4.34. The van der Waals surface area contributed by atoms with Crippen LogP contribution in [0.5, 0.6) is 0 Å². The number of carbonyl (C=O) groups is 3. The summed E-state index contributed by atoms with van der Waals surface area (Å²) in [5.74, 6) is -0.842. The summed E-state index contributed by atoms with van der Waals surface area (Å²) in [6.45, 7) is 5.29. The summed E-state index contributed by atoms with van der Waals surface area (Å²) in [7, 11) is 1.61. The number of nitrogens with one attached hydrogen (secondary N) is 1. The SMILES string of the molecule is CC.CN/N=C(/CC1CCN(C(=O)C2CC2)C1)N(C=O)c1ccc(-c2cccc(C(=O)O)c2)cc1F. The van der Waals surface area contributed by atoms with E-state index in [4.69, 9.17) is 0 Å². The lowest BCUT2D eigenvalue weighted by Crippen LogP contribution is -2.34. The van der Waals surface area contributed by atoms with Gasteiger partial charge in [0.1, 0.15) is 11.7 Å². The number of aromatic carboxylic acids is 1. The fraction of sp³-hybridized carbons (Fsp3) is 0.407. The molecule has 1 aliphatic carbocycles. The predicted octanol–water partition coefficient (Wildman–Crippen LogP) is 4.36. The quantitative estimate of drug-likeness (QED) is 0.245. The molecule has 0 spiro atoms. The van der Waals surface area contributed by atoms with E-state index in [-0.39, 0.29) is 29.0 Å². The molecular formula is C27H33FN4O4. The van der Waals surface area contributed by atoms with Gasteiger partial charge in [-0.3, -0.25) is 14.5 Å². The number of carboxylic acid groups (broad SMARTS) is 1. The molecule has 8 nitrogen and oxygen atoms in total. The topological polar surface area (TPSA) is 102 Å². The lowest BCUT2D eigenvalue weighted by molar-refractivity contribution is -0.131. The van der Waals surface area contributed by atoms with Crippen LogP contribution in [0.15, 0.2) is 47.6 Å². The van der Waals surface area contributed by atoms with Crippen LogP contribution in [0.3, 0.4) is 0 Å². The number of halogens is 1. The number of carbonyl (C=O) groups excluding carboxylic acids is 2. The van der Waals surface area contributed by atoms with Gasteiger partial charge in [-0.25, -0.2) is 9.18 Å². The second-order valence-electron chi connectivity index (χ2n) is 8.70. The highest BCUT2D eigenvalue weighted by molar-refractivity contribution is 6.10. The molecule has 192 valence electrons. The summed E-state index contributed by atoms with van der Waals surface area (Å²) >= 11 is 0. The first-order chi connectivity index (χ1) is 17.4. The number of hydrogen-bond acceptors (Lipinski definition) is 5. The van der Waals surface area contributed by atoms with E-state index in [0.717, 1.165) is 19.3 Å². The highest BCUT2D eigenvalue weighted by atomic mass is 19.1. The number of nitrogens with zero attached hydrogens (tertiary/aromatic N) is 3. The molecule has 9 heteroatoms. The Labute approximate surface area is 210 Å². The van der Waals surface area contributed by atoms with E-state index in [1.807, 2.05) is 18.7 Å². The van der Waals surface area contributed by atoms with E-state index in [0.29, 0.717) is 42.9 Å². The number of rotatable bonds is 8. The van der Waals surface area contributed by atoms with Crippen LogP contribution >= 0.6 is 0 Å². The predicted molar refractivity (Wildman–Crippen MR) is 137 cm³/mol. The van der Waals surface area contributed by atoms with Gasteiger partial charge in [-0.05, 0) is 60.6 Å². The number of carboxylic acids is 1. The number of anilines is 1. The largest absolute Gasteiger partial charge is 0.478 e. The van der Waals surface area contributed by atoms with Crippen LogP contribution in [0.2, 0.25) is 0 Å². The van der Waals surface area contributed by atoms with Gasteiger partial charge in [0.2, 0.25) is 12.3 Å². The number of hydrazone groups is 1. The molecule has 1 unspecified atom stereocenters. The molecule has 1 aliphatic heterocycles. The van der Waals surface area contributed by atoms with Crippen LogP contribution in [0.1, 0.15) is 49.9 Å². The number of amidine groups is 1. The average molecular weight is 497 g/mol. The first kappa shape index (κ1) is 26.8. The van der Waals surface area contributed by atoms with Crippen molar-refractivity contribution in [1.82, 2.24) is 10.3 Å². The van der Waals surface area contributed by atoms with Crippen LogP contribution in [0, 0.1) is 17.7 Å². The smallest absolute Gasteiger partial charge is 0.335 e. The molecule has 1 atom stereocenters. The molecule has 2 amide bonds. The Bertz CT molecular complexity index is 1130. The third-order valence-corrected chi connectivity index (χ3v) is 6.27. The van der Waals surface area contributed by atoms with Gasteiger partial charge in [0, 0.05) is 32.5 Å². The summed E-state index contributed by atoms with van der Waals surface area (Å²) in [4.78, 5) is 38.7. The maximum atomic E-state index is 15.2. The van der Waals surface area contributed by atoms with Crippen molar-refractivity contribution in [1.29, 1.82) is 0 Å². The van der Waals surface area contributed by atoms with Gasteiger partial charge in [0.05, 0.1) is 11.3 Å². The second kappa shape index (κ2) is 12.3. The molecule has 2 aromatic rings. The molecular weight excluding hydrogens is 463 g/mol. The highest BCUT2D eigenvalue weighted by Gasteiger charge is 2.37. The van der Waals surface area contributed by atoms with Gasteiger partial charge in [-0.2, -0.15) is 5.10 Å². The van der Waals surface area contributed by atoms with E-state index < -0.39 is 11.8 Å². The number of hydrogen-bond donors (Lipinski definition) is 2. The minimum absolute atomic E-state index is 0.0473. The fourth-order valence-electron chi connectivity index (χ4n) is 4.34. The Morgan fingerprint density at radius 1 is 1.17 bits per heavy atom. The van der Waals surface area contributed by atoms with Crippen LogP contribution in [0.4, 0.5) is 10.1 Å². The van der Waals surface area contributed by atoms with Gasteiger partial charge in [0.15, 0.2) is 0 Å². The van der Waals surface area contributed by atoms with Gasteiger partial charge in [-0.1, -0.05) is 32.0 Å². The summed E-state index contributed by atoms with van der Waals surface area (Å²) in [5.41, 5.74) is 3.89. The van der Waals surface area contributed by atoms with Crippen molar-refractivity contribution in [2.24, 2.45) is 16.9 Å². The van der Waals surface area contributed by atoms with Crippen molar-refractivity contribution in [2.45, 2.75) is 39.5 Å².